The average molecular weight is 534 g/mol. The number of hydrogen-bond acceptors (Lipinski definition) is 6. The summed E-state index contributed by atoms with van der Waals surface area (Å²) in [5.74, 6) is -0.704. The summed E-state index contributed by atoms with van der Waals surface area (Å²) in [6.07, 6.45) is 1.51. The number of likely N-dealkylation sites (N-methyl/N-ethyl adjacent to an activating group) is 1. The maximum atomic E-state index is 13.5. The van der Waals surface area contributed by atoms with Gasteiger partial charge in [0, 0.05) is 27.8 Å². The van der Waals surface area contributed by atoms with Gasteiger partial charge in [-0.3, -0.25) is 14.4 Å². The maximum absolute atomic E-state index is 13.5. The van der Waals surface area contributed by atoms with E-state index in [0.29, 0.717) is 6.54 Å². The van der Waals surface area contributed by atoms with Crippen molar-refractivity contribution < 1.29 is 29.0 Å². The second kappa shape index (κ2) is 15.2. The highest BCUT2D eigenvalue weighted by Gasteiger charge is 2.41. The molecule has 9 nitrogen and oxygen atoms in total. The fourth-order valence-electron chi connectivity index (χ4n) is 5.64. The largest absolute Gasteiger partial charge is 0.386 e. The van der Waals surface area contributed by atoms with Crippen molar-refractivity contribution in [2.24, 2.45) is 11.8 Å². The van der Waals surface area contributed by atoms with Gasteiger partial charge in [0.15, 0.2) is 0 Å². The van der Waals surface area contributed by atoms with Gasteiger partial charge in [-0.05, 0) is 31.2 Å². The van der Waals surface area contributed by atoms with Crippen LogP contribution in [0.2, 0.25) is 0 Å². The molecular formula is C29H47N3O6. The molecule has 1 aromatic carbocycles. The lowest BCUT2D eigenvalue weighted by atomic mass is 9.90. The normalized spacial score (nSPS) is 21.1. The first-order valence-corrected chi connectivity index (χ1v) is 13.7. The number of amides is 3. The summed E-state index contributed by atoms with van der Waals surface area (Å²) in [6, 6.07) is 8.22. The minimum Gasteiger partial charge on any atom is -0.386 e. The number of aliphatic hydroxyl groups excluding tert-OH is 1. The minimum atomic E-state index is -0.841. The molecule has 1 aliphatic rings. The average Bonchev–Trinajstić information content (AvgIpc) is 3.42. The number of hydrogen-bond donors (Lipinski definition) is 2. The van der Waals surface area contributed by atoms with E-state index in [9.17, 15) is 19.5 Å². The van der Waals surface area contributed by atoms with Crippen LogP contribution < -0.4 is 5.32 Å². The topological polar surface area (TPSA) is 108 Å². The van der Waals surface area contributed by atoms with E-state index in [4.69, 9.17) is 9.47 Å². The molecule has 38 heavy (non-hydrogen) atoms. The number of likely N-dealkylation sites (tertiary alicyclic amines) is 1. The lowest BCUT2D eigenvalue weighted by Crippen LogP contribution is -2.53. The van der Waals surface area contributed by atoms with Crippen molar-refractivity contribution in [3.63, 3.8) is 0 Å². The summed E-state index contributed by atoms with van der Waals surface area (Å²) in [5, 5.41) is 13.6. The van der Waals surface area contributed by atoms with Crippen LogP contribution in [0.1, 0.15) is 65.0 Å². The quantitative estimate of drug-likeness (QED) is 0.336. The molecule has 0 radical (unpaired) electrons. The third-order valence-corrected chi connectivity index (χ3v) is 8.08. The Hall–Kier alpha value is -2.49. The van der Waals surface area contributed by atoms with E-state index in [1.165, 1.54) is 0 Å². The molecule has 214 valence electrons. The Morgan fingerprint density at radius 1 is 1.18 bits per heavy atom. The summed E-state index contributed by atoms with van der Waals surface area (Å²) in [4.78, 5) is 41.7. The van der Waals surface area contributed by atoms with Crippen molar-refractivity contribution in [3.8, 4) is 0 Å². The highest BCUT2D eigenvalue weighted by atomic mass is 16.5. The zero-order valence-electron chi connectivity index (χ0n) is 24.0. The first kappa shape index (κ1) is 31.7. The summed E-state index contributed by atoms with van der Waals surface area (Å²) < 4.78 is 11.5. The predicted molar refractivity (Wildman–Crippen MR) is 146 cm³/mol. The Morgan fingerprint density at radius 2 is 1.84 bits per heavy atom. The molecule has 2 N–H and O–H groups in total. The second-order valence-corrected chi connectivity index (χ2v) is 10.6. The van der Waals surface area contributed by atoms with Crippen LogP contribution in [0, 0.1) is 11.8 Å². The lowest BCUT2D eigenvalue weighted by molar-refractivity contribution is -0.144. The summed E-state index contributed by atoms with van der Waals surface area (Å²) >= 11 is 0. The molecule has 0 bridgehead atoms. The van der Waals surface area contributed by atoms with Crippen molar-refractivity contribution in [1.82, 2.24) is 15.1 Å². The van der Waals surface area contributed by atoms with E-state index < -0.39 is 30.3 Å². The monoisotopic (exact) mass is 533 g/mol. The molecule has 3 amide bonds. The molecule has 2 rings (SSSR count). The smallest absolute Gasteiger partial charge is 0.225 e. The van der Waals surface area contributed by atoms with Crippen LogP contribution >= 0.6 is 0 Å². The Balaban J connectivity index is 2.11. The molecule has 1 fully saturated rings. The van der Waals surface area contributed by atoms with Gasteiger partial charge in [-0.1, -0.05) is 57.5 Å². The fraction of sp³-hybridized carbons (Fsp3) is 0.690. The number of ether oxygens (including phenoxy) is 2. The predicted octanol–water partition coefficient (Wildman–Crippen LogP) is 2.77. The summed E-state index contributed by atoms with van der Waals surface area (Å²) in [6.45, 7) is 8.24. The van der Waals surface area contributed by atoms with Crippen LogP contribution in [-0.4, -0.2) is 91.3 Å². The van der Waals surface area contributed by atoms with Crippen molar-refractivity contribution >= 4 is 18.2 Å². The second-order valence-electron chi connectivity index (χ2n) is 10.6. The molecule has 1 saturated heterocycles. The van der Waals surface area contributed by atoms with E-state index >= 15 is 0 Å². The van der Waals surface area contributed by atoms with Crippen molar-refractivity contribution in [1.29, 1.82) is 0 Å². The highest BCUT2D eigenvalue weighted by molar-refractivity contribution is 5.80. The number of benzene rings is 1. The number of aliphatic hydroxyl groups is 1. The van der Waals surface area contributed by atoms with Gasteiger partial charge < -0.3 is 29.7 Å². The number of nitrogens with zero attached hydrogens (tertiary/aromatic N) is 2. The lowest BCUT2D eigenvalue weighted by Gasteiger charge is -2.38. The number of methoxy groups -OCH3 is 2. The van der Waals surface area contributed by atoms with E-state index in [1.54, 1.807) is 44.9 Å². The fourth-order valence-corrected chi connectivity index (χ4v) is 5.64. The van der Waals surface area contributed by atoms with Gasteiger partial charge in [-0.25, -0.2) is 0 Å². The molecule has 8 unspecified atom stereocenters. The van der Waals surface area contributed by atoms with Crippen LogP contribution in [0.5, 0.6) is 0 Å². The summed E-state index contributed by atoms with van der Waals surface area (Å²) in [7, 11) is 4.85. The van der Waals surface area contributed by atoms with Gasteiger partial charge in [0.2, 0.25) is 18.2 Å². The first-order chi connectivity index (χ1) is 18.1. The Morgan fingerprint density at radius 3 is 2.39 bits per heavy atom. The number of carbonyl (C=O) groups excluding carboxylic acids is 3. The maximum Gasteiger partial charge on any atom is 0.225 e. The van der Waals surface area contributed by atoms with E-state index in [1.807, 2.05) is 30.3 Å². The molecular weight excluding hydrogens is 486 g/mol. The molecule has 8 atom stereocenters. The van der Waals surface area contributed by atoms with E-state index in [-0.39, 0.29) is 36.2 Å². The highest BCUT2D eigenvalue weighted by Crippen LogP contribution is 2.29. The molecule has 0 saturated carbocycles. The van der Waals surface area contributed by atoms with Crippen molar-refractivity contribution in [2.45, 2.75) is 89.8 Å². The number of rotatable bonds is 15. The zero-order chi connectivity index (χ0) is 28.4. The van der Waals surface area contributed by atoms with E-state index in [0.717, 1.165) is 31.2 Å². The SMILES string of the molecule is CCC(C)C(C(CC(=O)N1CCCC1C(OC)C(C)C(=O)NC(C)C(O)c1ccccc1)OC)N(C)C=O. The van der Waals surface area contributed by atoms with E-state index in [2.05, 4.69) is 19.2 Å². The molecule has 1 heterocycles. The molecule has 0 aromatic heterocycles. The zero-order valence-corrected chi connectivity index (χ0v) is 24.0. The van der Waals surface area contributed by atoms with Gasteiger partial charge in [-0.2, -0.15) is 0 Å². The van der Waals surface area contributed by atoms with Gasteiger partial charge >= 0.3 is 0 Å². The van der Waals surface area contributed by atoms with Crippen molar-refractivity contribution in [3.05, 3.63) is 35.9 Å². The third kappa shape index (κ3) is 7.77. The Kier molecular flexibility index (Phi) is 12.7. The van der Waals surface area contributed by atoms with Crippen LogP contribution in [0.15, 0.2) is 30.3 Å². The molecule has 0 aliphatic carbocycles. The number of carbonyl (C=O) groups is 3. The van der Waals surface area contributed by atoms with Gasteiger partial charge in [0.25, 0.3) is 0 Å². The van der Waals surface area contributed by atoms with Crippen LogP contribution in [-0.2, 0) is 23.9 Å². The van der Waals surface area contributed by atoms with Crippen LogP contribution in [0.3, 0.4) is 0 Å². The summed E-state index contributed by atoms with van der Waals surface area (Å²) in [5.41, 5.74) is 0.729. The first-order valence-electron chi connectivity index (χ1n) is 13.7. The standard InChI is InChI=1S/C29H47N3O6/c1-8-19(2)26(31(5)18-33)24(37-6)17-25(34)32-16-12-15-23(32)28(38-7)20(3)29(36)30-21(4)27(35)22-13-10-9-11-14-22/h9-11,13-14,18-21,23-24,26-28,35H,8,12,15-17H2,1-7H3,(H,30,36). The van der Waals surface area contributed by atoms with Gasteiger partial charge in [0.1, 0.15) is 0 Å². The Labute approximate surface area is 227 Å². The van der Waals surface area contributed by atoms with Crippen LogP contribution in [0.25, 0.3) is 0 Å². The molecule has 0 spiro atoms. The van der Waals surface area contributed by atoms with Crippen LogP contribution in [0.4, 0.5) is 0 Å². The minimum absolute atomic E-state index is 0.0746. The van der Waals surface area contributed by atoms with Crippen molar-refractivity contribution in [2.75, 3.05) is 27.8 Å². The Bertz CT molecular complexity index is 884. The van der Waals surface area contributed by atoms with Gasteiger partial charge in [0.05, 0.1) is 48.8 Å². The molecule has 9 heteroatoms. The number of nitrogens with one attached hydrogen (secondary N) is 1. The molecule has 1 aliphatic heterocycles. The third-order valence-electron chi connectivity index (χ3n) is 8.08. The van der Waals surface area contributed by atoms with Gasteiger partial charge in [-0.15, -0.1) is 0 Å². The molecule has 1 aromatic rings.